The average Bonchev–Trinajstić information content (AvgIpc) is 3.15. The highest BCUT2D eigenvalue weighted by molar-refractivity contribution is 6.03. The van der Waals surface area contributed by atoms with Gasteiger partial charge in [-0.3, -0.25) is 4.79 Å². The lowest BCUT2D eigenvalue weighted by atomic mass is 9.93. The number of H-pyrrole nitrogens is 1. The first-order valence-electron chi connectivity index (χ1n) is 10.0. The van der Waals surface area contributed by atoms with Crippen molar-refractivity contribution < 1.29 is 24.5 Å². The van der Waals surface area contributed by atoms with Gasteiger partial charge in [0.05, 0.1) is 5.69 Å². The largest absolute Gasteiger partial charge is 0.445 e. The standard InChI is InChI=1S/C23H24N2O5/c26-19-8-4-7-16-17-11-15(9-10-18(17)25-21(16)19)22(28)20(27)12-24-23(29)30-13-14-5-2-1-3-6-14/h1-3,5-6,9-11,20,22,25,27-28H,4,7-8,12-13H2,(H,24,29). The molecule has 2 aromatic carbocycles. The van der Waals surface area contributed by atoms with E-state index in [1.807, 2.05) is 30.3 Å². The molecule has 0 saturated heterocycles. The minimum atomic E-state index is -1.21. The Morgan fingerprint density at radius 2 is 1.93 bits per heavy atom. The number of aryl methyl sites for hydroxylation is 1. The van der Waals surface area contributed by atoms with Gasteiger partial charge in [-0.25, -0.2) is 4.79 Å². The Morgan fingerprint density at radius 3 is 2.73 bits per heavy atom. The quantitative estimate of drug-likeness (QED) is 0.501. The van der Waals surface area contributed by atoms with Gasteiger partial charge in [0.2, 0.25) is 0 Å². The van der Waals surface area contributed by atoms with Crippen LogP contribution < -0.4 is 5.32 Å². The first-order valence-corrected chi connectivity index (χ1v) is 10.0. The molecule has 1 heterocycles. The van der Waals surface area contributed by atoms with Crippen LogP contribution in [0.2, 0.25) is 0 Å². The summed E-state index contributed by atoms with van der Waals surface area (Å²) in [5, 5.41) is 24.2. The van der Waals surface area contributed by atoms with Crippen LogP contribution >= 0.6 is 0 Å². The number of amides is 1. The molecule has 1 amide bonds. The van der Waals surface area contributed by atoms with Crippen molar-refractivity contribution in [2.45, 2.75) is 38.1 Å². The Kier molecular flexibility index (Phi) is 5.83. The van der Waals surface area contributed by atoms with Crippen molar-refractivity contribution in [3.8, 4) is 0 Å². The maximum atomic E-state index is 12.1. The minimum absolute atomic E-state index is 0.104. The SMILES string of the molecule is O=C(NCC(O)C(O)c1ccc2[nH]c3c(c2c1)CCCC3=O)OCc1ccccc1. The van der Waals surface area contributed by atoms with E-state index in [1.165, 1.54) is 0 Å². The molecule has 0 aliphatic heterocycles. The highest BCUT2D eigenvalue weighted by Crippen LogP contribution is 2.31. The van der Waals surface area contributed by atoms with Gasteiger partial charge < -0.3 is 25.3 Å². The van der Waals surface area contributed by atoms with Crippen LogP contribution in [0.5, 0.6) is 0 Å². The van der Waals surface area contributed by atoms with Crippen LogP contribution in [0, 0.1) is 0 Å². The molecule has 3 aromatic rings. The number of fused-ring (bicyclic) bond motifs is 3. The van der Waals surface area contributed by atoms with Gasteiger partial charge in [0, 0.05) is 23.9 Å². The number of aliphatic hydroxyl groups excluding tert-OH is 2. The molecule has 0 bridgehead atoms. The maximum absolute atomic E-state index is 12.1. The lowest BCUT2D eigenvalue weighted by Crippen LogP contribution is -2.35. The van der Waals surface area contributed by atoms with Crippen molar-refractivity contribution in [2.75, 3.05) is 6.54 Å². The van der Waals surface area contributed by atoms with E-state index in [-0.39, 0.29) is 18.9 Å². The summed E-state index contributed by atoms with van der Waals surface area (Å²) >= 11 is 0. The number of carbonyl (C=O) groups is 2. The molecule has 2 unspecified atom stereocenters. The number of aromatic nitrogens is 1. The molecular weight excluding hydrogens is 384 g/mol. The number of alkyl carbamates (subject to hydrolysis) is 1. The Hall–Kier alpha value is -3.16. The van der Waals surface area contributed by atoms with E-state index in [9.17, 15) is 19.8 Å². The Morgan fingerprint density at radius 1 is 1.13 bits per heavy atom. The number of rotatable bonds is 6. The average molecular weight is 408 g/mol. The summed E-state index contributed by atoms with van der Waals surface area (Å²) in [5.74, 6) is 0.104. The Balaban J connectivity index is 1.37. The van der Waals surface area contributed by atoms with Gasteiger partial charge in [0.15, 0.2) is 5.78 Å². The van der Waals surface area contributed by atoms with Gasteiger partial charge in [0.1, 0.15) is 18.8 Å². The number of carbonyl (C=O) groups excluding carboxylic acids is 2. The van der Waals surface area contributed by atoms with Crippen LogP contribution in [0.25, 0.3) is 10.9 Å². The zero-order chi connectivity index (χ0) is 21.1. The molecule has 7 nitrogen and oxygen atoms in total. The molecule has 30 heavy (non-hydrogen) atoms. The number of hydrogen-bond donors (Lipinski definition) is 4. The van der Waals surface area contributed by atoms with Gasteiger partial charge in [-0.2, -0.15) is 0 Å². The van der Waals surface area contributed by atoms with Crippen LogP contribution in [-0.2, 0) is 17.8 Å². The fourth-order valence-electron chi connectivity index (χ4n) is 3.79. The summed E-state index contributed by atoms with van der Waals surface area (Å²) in [7, 11) is 0. The Bertz CT molecular complexity index is 1060. The third-order valence-electron chi connectivity index (χ3n) is 5.41. The number of aromatic amines is 1. The van der Waals surface area contributed by atoms with E-state index in [0.717, 1.165) is 34.9 Å². The second-order valence-corrected chi connectivity index (χ2v) is 7.52. The summed E-state index contributed by atoms with van der Waals surface area (Å²) < 4.78 is 5.10. The molecule has 156 valence electrons. The Labute approximate surface area is 173 Å². The monoisotopic (exact) mass is 408 g/mol. The van der Waals surface area contributed by atoms with E-state index >= 15 is 0 Å². The number of Topliss-reactive ketones (excluding diaryl/α,β-unsaturated/α-hetero) is 1. The zero-order valence-corrected chi connectivity index (χ0v) is 16.4. The molecule has 7 heteroatoms. The van der Waals surface area contributed by atoms with E-state index in [0.29, 0.717) is 17.7 Å². The molecule has 0 radical (unpaired) electrons. The number of nitrogens with one attached hydrogen (secondary N) is 2. The number of ketones is 1. The highest BCUT2D eigenvalue weighted by Gasteiger charge is 2.24. The van der Waals surface area contributed by atoms with Gasteiger partial charge >= 0.3 is 6.09 Å². The molecule has 0 fully saturated rings. The van der Waals surface area contributed by atoms with Crippen LogP contribution in [0.4, 0.5) is 4.79 Å². The number of ether oxygens (including phenoxy) is 1. The first-order chi connectivity index (χ1) is 14.5. The van der Waals surface area contributed by atoms with Crippen LogP contribution in [0.1, 0.15) is 46.1 Å². The lowest BCUT2D eigenvalue weighted by molar-refractivity contribution is 0.0185. The predicted octanol–water partition coefficient (Wildman–Crippen LogP) is 3.01. The van der Waals surface area contributed by atoms with Crippen molar-refractivity contribution in [2.24, 2.45) is 0 Å². The summed E-state index contributed by atoms with van der Waals surface area (Å²) in [5.41, 5.74) is 3.83. The number of aliphatic hydroxyl groups is 2. The second kappa shape index (κ2) is 8.69. The summed E-state index contributed by atoms with van der Waals surface area (Å²) in [4.78, 5) is 27.1. The van der Waals surface area contributed by atoms with Crippen molar-refractivity contribution in [3.05, 3.63) is 70.9 Å². The van der Waals surface area contributed by atoms with Gasteiger partial charge in [-0.05, 0) is 41.7 Å². The highest BCUT2D eigenvalue weighted by atomic mass is 16.5. The van der Waals surface area contributed by atoms with E-state index in [2.05, 4.69) is 10.3 Å². The molecule has 0 spiro atoms. The molecule has 1 aliphatic carbocycles. The molecule has 0 saturated carbocycles. The summed E-state index contributed by atoms with van der Waals surface area (Å²) in [6.45, 7) is -0.0319. The fraction of sp³-hybridized carbons (Fsp3) is 0.304. The van der Waals surface area contributed by atoms with Crippen molar-refractivity contribution in [1.82, 2.24) is 10.3 Å². The van der Waals surface area contributed by atoms with Crippen LogP contribution in [0.15, 0.2) is 48.5 Å². The lowest BCUT2D eigenvalue weighted by Gasteiger charge is -2.19. The topological polar surface area (TPSA) is 112 Å². The van der Waals surface area contributed by atoms with Gasteiger partial charge in [0.25, 0.3) is 0 Å². The van der Waals surface area contributed by atoms with Gasteiger partial charge in [-0.1, -0.05) is 36.4 Å². The molecule has 4 rings (SSSR count). The summed E-state index contributed by atoms with van der Waals surface area (Å²) in [6.07, 6.45) is -0.906. The smallest absolute Gasteiger partial charge is 0.407 e. The van der Waals surface area contributed by atoms with E-state index in [4.69, 9.17) is 4.74 Å². The van der Waals surface area contributed by atoms with Gasteiger partial charge in [-0.15, -0.1) is 0 Å². The van der Waals surface area contributed by atoms with Crippen molar-refractivity contribution >= 4 is 22.8 Å². The van der Waals surface area contributed by atoms with Crippen LogP contribution in [0.3, 0.4) is 0 Å². The number of hydrogen-bond acceptors (Lipinski definition) is 5. The second-order valence-electron chi connectivity index (χ2n) is 7.52. The third kappa shape index (κ3) is 4.22. The molecule has 1 aliphatic rings. The molecule has 4 N–H and O–H groups in total. The zero-order valence-electron chi connectivity index (χ0n) is 16.4. The normalized spacial score (nSPS) is 15.5. The molecule has 2 atom stereocenters. The van der Waals surface area contributed by atoms with Crippen LogP contribution in [-0.4, -0.2) is 39.7 Å². The first kappa shape index (κ1) is 20.1. The van der Waals surface area contributed by atoms with Crippen molar-refractivity contribution in [1.29, 1.82) is 0 Å². The molecule has 1 aromatic heterocycles. The fourth-order valence-corrected chi connectivity index (χ4v) is 3.79. The minimum Gasteiger partial charge on any atom is -0.445 e. The predicted molar refractivity (Wildman–Crippen MR) is 111 cm³/mol. The van der Waals surface area contributed by atoms with E-state index in [1.54, 1.807) is 18.2 Å². The van der Waals surface area contributed by atoms with Crippen molar-refractivity contribution in [3.63, 3.8) is 0 Å². The third-order valence-corrected chi connectivity index (χ3v) is 5.41. The maximum Gasteiger partial charge on any atom is 0.407 e. The number of benzene rings is 2. The molecular formula is C23H24N2O5. The summed E-state index contributed by atoms with van der Waals surface area (Å²) in [6, 6.07) is 14.6. The van der Waals surface area contributed by atoms with E-state index < -0.39 is 18.3 Å².